The lowest BCUT2D eigenvalue weighted by Gasteiger charge is -2.57. The lowest BCUT2D eigenvalue weighted by molar-refractivity contribution is -0.132. The summed E-state index contributed by atoms with van der Waals surface area (Å²) < 4.78 is 26.0. The molecule has 5 rings (SSSR count). The van der Waals surface area contributed by atoms with Gasteiger partial charge in [0.25, 0.3) is 0 Å². The van der Waals surface area contributed by atoms with Crippen LogP contribution in [0.15, 0.2) is 11.6 Å². The highest BCUT2D eigenvalue weighted by molar-refractivity contribution is 7.92. The molecule has 0 aromatic heterocycles. The van der Waals surface area contributed by atoms with Crippen molar-refractivity contribution in [3.8, 4) is 0 Å². The average Bonchev–Trinajstić information content (AvgIpc) is 3.04. The molecule has 2 bridgehead atoms. The maximum Gasteiger partial charge on any atom is 0.161 e. The molecule has 0 aromatic rings. The maximum atomic E-state index is 13.0. The fourth-order valence-electron chi connectivity index (χ4n) is 8.07. The molecule has 7 atom stereocenters. The summed E-state index contributed by atoms with van der Waals surface area (Å²) in [5.74, 6) is 1.13. The van der Waals surface area contributed by atoms with Gasteiger partial charge in [-0.15, -0.1) is 0 Å². The van der Waals surface area contributed by atoms with Crippen molar-refractivity contribution in [2.45, 2.75) is 57.1 Å². The first-order chi connectivity index (χ1) is 12.7. The van der Waals surface area contributed by atoms with Gasteiger partial charge in [0.05, 0.1) is 11.0 Å². The van der Waals surface area contributed by atoms with Gasteiger partial charge < -0.3 is 5.11 Å². The Morgan fingerprint density at radius 1 is 1.22 bits per heavy atom. The van der Waals surface area contributed by atoms with Crippen LogP contribution in [0.25, 0.3) is 0 Å². The summed E-state index contributed by atoms with van der Waals surface area (Å²) >= 11 is 0. The van der Waals surface area contributed by atoms with E-state index >= 15 is 0 Å². The molecule has 3 saturated carbocycles. The number of carbonyl (C=O) groups excluding carboxylic acids is 2. The Bertz CT molecular complexity index is 858. The highest BCUT2D eigenvalue weighted by Gasteiger charge is 2.67. The molecular formula is C21H28O5S. The smallest absolute Gasteiger partial charge is 0.161 e. The van der Waals surface area contributed by atoms with Gasteiger partial charge in [-0.1, -0.05) is 6.92 Å². The van der Waals surface area contributed by atoms with Crippen molar-refractivity contribution < 1.29 is 23.1 Å². The third-order valence-corrected chi connectivity index (χ3v) is 11.4. The minimum absolute atomic E-state index is 0.0492. The number of hydrogen-bond acceptors (Lipinski definition) is 5. The lowest BCUT2D eigenvalue weighted by atomic mass is 9.46. The summed E-state index contributed by atoms with van der Waals surface area (Å²) in [5, 5.41) is 8.92. The van der Waals surface area contributed by atoms with E-state index in [1.165, 1.54) is 0 Å². The van der Waals surface area contributed by atoms with Crippen LogP contribution in [0.1, 0.15) is 51.9 Å². The van der Waals surface area contributed by atoms with Crippen molar-refractivity contribution >= 4 is 21.4 Å². The Morgan fingerprint density at radius 3 is 2.74 bits per heavy atom. The van der Waals surface area contributed by atoms with Gasteiger partial charge in [0, 0.05) is 17.8 Å². The quantitative estimate of drug-likeness (QED) is 0.777. The molecule has 1 N–H and O–H groups in total. The molecule has 1 aliphatic heterocycles. The molecule has 6 heteroatoms. The van der Waals surface area contributed by atoms with Crippen LogP contribution in [0.4, 0.5) is 0 Å². The maximum absolute atomic E-state index is 13.0. The van der Waals surface area contributed by atoms with Gasteiger partial charge in [0.15, 0.2) is 21.4 Å². The lowest BCUT2D eigenvalue weighted by Crippen LogP contribution is -2.53. The molecule has 0 spiro atoms. The van der Waals surface area contributed by atoms with E-state index in [1.807, 2.05) is 0 Å². The molecule has 27 heavy (non-hydrogen) atoms. The Balaban J connectivity index is 1.58. The molecule has 5 aliphatic rings. The molecule has 0 radical (unpaired) electrons. The fraction of sp³-hybridized carbons (Fsp3) is 0.810. The molecule has 0 aromatic carbocycles. The number of sulfone groups is 1. The Morgan fingerprint density at radius 2 is 2.00 bits per heavy atom. The minimum atomic E-state index is -3.21. The van der Waals surface area contributed by atoms with E-state index in [0.29, 0.717) is 37.0 Å². The minimum Gasteiger partial charge on any atom is -0.389 e. The Hall–Kier alpha value is -1.01. The van der Waals surface area contributed by atoms with Gasteiger partial charge in [-0.25, -0.2) is 8.42 Å². The molecule has 148 valence electrons. The van der Waals surface area contributed by atoms with Crippen LogP contribution < -0.4 is 0 Å². The van der Waals surface area contributed by atoms with Crippen molar-refractivity contribution in [1.29, 1.82) is 0 Å². The first-order valence-corrected chi connectivity index (χ1v) is 12.0. The number of aliphatic hydroxyl groups is 1. The molecule has 4 fully saturated rings. The van der Waals surface area contributed by atoms with Crippen molar-refractivity contribution in [2.75, 3.05) is 12.4 Å². The highest BCUT2D eigenvalue weighted by Crippen LogP contribution is 2.69. The second-order valence-corrected chi connectivity index (χ2v) is 12.1. The van der Waals surface area contributed by atoms with Crippen LogP contribution in [0.2, 0.25) is 0 Å². The number of hydrogen-bond donors (Lipinski definition) is 1. The van der Waals surface area contributed by atoms with Crippen molar-refractivity contribution in [2.24, 2.45) is 34.5 Å². The third-order valence-electron chi connectivity index (χ3n) is 9.13. The van der Waals surface area contributed by atoms with Gasteiger partial charge in [-0.2, -0.15) is 0 Å². The van der Waals surface area contributed by atoms with E-state index in [4.69, 9.17) is 0 Å². The van der Waals surface area contributed by atoms with Crippen LogP contribution in [0, 0.1) is 34.5 Å². The molecule has 4 aliphatic carbocycles. The van der Waals surface area contributed by atoms with E-state index in [1.54, 1.807) is 6.08 Å². The van der Waals surface area contributed by atoms with E-state index < -0.39 is 21.7 Å². The van der Waals surface area contributed by atoms with E-state index in [9.17, 15) is 23.1 Å². The van der Waals surface area contributed by atoms with Gasteiger partial charge >= 0.3 is 0 Å². The summed E-state index contributed by atoms with van der Waals surface area (Å²) in [6.45, 7) is 1.81. The molecule has 1 saturated heterocycles. The molecular weight excluding hydrogens is 364 g/mol. The zero-order valence-electron chi connectivity index (χ0n) is 15.8. The Kier molecular flexibility index (Phi) is 3.70. The summed E-state index contributed by atoms with van der Waals surface area (Å²) in [7, 11) is -3.21. The number of Topliss-reactive ketones (excluding diaryl/α,β-unsaturated/α-hetero) is 1. The number of aliphatic hydroxyl groups excluding tert-OH is 1. The van der Waals surface area contributed by atoms with Crippen molar-refractivity contribution in [3.63, 3.8) is 0 Å². The van der Waals surface area contributed by atoms with Crippen LogP contribution in [0.5, 0.6) is 0 Å². The predicted octanol–water partition coefficient (Wildman–Crippen LogP) is 2.08. The first-order valence-electron chi connectivity index (χ1n) is 10.3. The van der Waals surface area contributed by atoms with Crippen LogP contribution in [-0.4, -0.2) is 42.7 Å². The number of ketones is 2. The van der Waals surface area contributed by atoms with Crippen LogP contribution >= 0.6 is 0 Å². The molecule has 1 heterocycles. The van der Waals surface area contributed by atoms with Gasteiger partial charge in [0.1, 0.15) is 6.61 Å². The molecule has 0 unspecified atom stereocenters. The zero-order chi connectivity index (χ0) is 19.2. The second-order valence-electron chi connectivity index (χ2n) is 9.93. The van der Waals surface area contributed by atoms with Gasteiger partial charge in [-0.05, 0) is 73.3 Å². The topological polar surface area (TPSA) is 88.5 Å². The third kappa shape index (κ3) is 2.17. The zero-order valence-corrected chi connectivity index (χ0v) is 16.6. The van der Waals surface area contributed by atoms with Crippen LogP contribution in [-0.2, 0) is 19.4 Å². The summed E-state index contributed by atoms with van der Waals surface area (Å²) in [6.07, 6.45) is 7.05. The number of fused-ring (bicyclic) bond motifs is 3. The van der Waals surface area contributed by atoms with Crippen molar-refractivity contribution in [1.82, 2.24) is 0 Å². The monoisotopic (exact) mass is 392 g/mol. The summed E-state index contributed by atoms with van der Waals surface area (Å²) in [4.78, 5) is 24.4. The molecule has 5 nitrogen and oxygen atoms in total. The van der Waals surface area contributed by atoms with Gasteiger partial charge in [0.2, 0.25) is 0 Å². The number of carbonyl (C=O) groups is 2. The van der Waals surface area contributed by atoms with E-state index in [-0.39, 0.29) is 34.1 Å². The summed E-state index contributed by atoms with van der Waals surface area (Å²) in [5.41, 5.74) is 0.470. The van der Waals surface area contributed by atoms with E-state index in [2.05, 4.69) is 6.92 Å². The number of rotatable bonds is 2. The SMILES string of the molecule is C[C@]12CC[C@H]3[C@@H](C[C@@H]4C5=CC(=O)CC[C@@]53CS4(=O)=O)[C@@H]1CC[C@@H]2C(=O)CO. The van der Waals surface area contributed by atoms with Gasteiger partial charge in [-0.3, -0.25) is 9.59 Å². The standard InChI is InChI=1S/C21H28O5S/c1-20-6-5-15-13(14(20)2-3-16(20)18(24)10-22)9-19-17-8-12(23)4-7-21(15,17)11-27(19,25)26/h8,13-16,19,22H,2-7,9-11H2,1H3/t13-,14-,15-,16+,19+,20-,21-/m0/s1. The largest absolute Gasteiger partial charge is 0.389 e. The fourth-order valence-corrected chi connectivity index (χ4v) is 10.7. The molecule has 0 amide bonds. The van der Waals surface area contributed by atoms with Crippen molar-refractivity contribution in [3.05, 3.63) is 11.6 Å². The summed E-state index contributed by atoms with van der Waals surface area (Å²) in [6, 6.07) is 0. The average molecular weight is 393 g/mol. The highest BCUT2D eigenvalue weighted by atomic mass is 32.2. The first kappa shape index (κ1) is 18.0. The predicted molar refractivity (Wildman–Crippen MR) is 99.6 cm³/mol. The Labute approximate surface area is 160 Å². The second kappa shape index (κ2) is 5.53. The van der Waals surface area contributed by atoms with E-state index in [0.717, 1.165) is 31.3 Å². The normalized spacial score (nSPS) is 49.8. The van der Waals surface area contributed by atoms with Crippen LogP contribution in [0.3, 0.4) is 0 Å².